The molecule has 11 heteroatoms. The van der Waals surface area contributed by atoms with Gasteiger partial charge in [-0.2, -0.15) is 0 Å². The van der Waals surface area contributed by atoms with E-state index in [1.54, 1.807) is 4.90 Å². The number of fused-ring (bicyclic) bond motifs is 5. The summed E-state index contributed by atoms with van der Waals surface area (Å²) in [5.74, 6) is -2.92. The third-order valence-electron chi connectivity index (χ3n) is 11.1. The lowest BCUT2D eigenvalue weighted by molar-refractivity contribution is -0.322. The topological polar surface area (TPSA) is 127 Å². The number of piperidine rings is 1. The predicted molar refractivity (Wildman–Crippen MR) is 167 cm³/mol. The van der Waals surface area contributed by atoms with Gasteiger partial charge in [-0.15, -0.1) is 0 Å². The second-order valence-electron chi connectivity index (χ2n) is 14.5. The molecule has 0 bridgehead atoms. The van der Waals surface area contributed by atoms with Crippen molar-refractivity contribution in [2.75, 3.05) is 26.7 Å². The van der Waals surface area contributed by atoms with Crippen LogP contribution in [0.2, 0.25) is 0 Å². The molecular weight excluding hydrogens is 574 g/mol. The third-order valence-corrected chi connectivity index (χ3v) is 11.1. The zero-order valence-electron chi connectivity index (χ0n) is 27.3. The Bertz CT molecular complexity index is 1540. The number of rotatable bonds is 7. The molecule has 7 atom stereocenters. The number of ether oxygens (including phenoxy) is 2. The number of H-pyrrole nitrogens is 1. The van der Waals surface area contributed by atoms with Crippen LogP contribution in [-0.2, 0) is 25.5 Å². The monoisotopic (exact) mass is 621 g/mol. The molecule has 4 saturated heterocycles. The first-order valence-electron chi connectivity index (χ1n) is 16.8. The molecule has 5 aliphatic rings. The Morgan fingerprint density at radius 2 is 2.02 bits per heavy atom. The quantitative estimate of drug-likeness (QED) is 0.434. The summed E-state index contributed by atoms with van der Waals surface area (Å²) in [4.78, 5) is 51.2. The van der Waals surface area contributed by atoms with Crippen molar-refractivity contribution in [3.8, 4) is 5.75 Å². The zero-order valence-corrected chi connectivity index (χ0v) is 27.3. The summed E-state index contributed by atoms with van der Waals surface area (Å²) < 4.78 is 12.6. The lowest BCUT2D eigenvalue weighted by Gasteiger charge is -2.49. The Morgan fingerprint density at radius 3 is 2.73 bits per heavy atom. The van der Waals surface area contributed by atoms with Crippen molar-refractivity contribution in [1.29, 1.82) is 0 Å². The van der Waals surface area contributed by atoms with Gasteiger partial charge in [-0.25, -0.2) is 0 Å². The second-order valence-corrected chi connectivity index (χ2v) is 14.5. The van der Waals surface area contributed by atoms with Crippen LogP contribution in [0.15, 0.2) is 18.3 Å². The van der Waals surface area contributed by atoms with Crippen LogP contribution in [0.5, 0.6) is 5.75 Å². The van der Waals surface area contributed by atoms with E-state index in [4.69, 9.17) is 9.47 Å². The fourth-order valence-corrected chi connectivity index (χ4v) is 8.96. The molecule has 0 saturated carbocycles. The van der Waals surface area contributed by atoms with Gasteiger partial charge in [0.15, 0.2) is 0 Å². The number of piperazine rings is 1. The van der Waals surface area contributed by atoms with E-state index in [9.17, 15) is 19.5 Å². The fraction of sp³-hybridized carbons (Fsp3) is 0.676. The fourth-order valence-electron chi connectivity index (χ4n) is 8.96. The minimum atomic E-state index is -2.01. The molecule has 7 rings (SSSR count). The number of aliphatic hydroxyl groups is 1. The molecule has 3 N–H and O–H groups in total. The molecule has 4 fully saturated rings. The molecule has 4 aliphatic heterocycles. The number of nitrogens with one attached hydrogen (secondary N) is 2. The highest BCUT2D eigenvalue weighted by Crippen LogP contribution is 2.50. The molecule has 0 spiro atoms. The molecule has 1 aromatic heterocycles. The lowest BCUT2D eigenvalue weighted by atomic mass is 9.72. The Balaban J connectivity index is 1.22. The Labute approximate surface area is 264 Å². The second kappa shape index (κ2) is 10.7. The van der Waals surface area contributed by atoms with Crippen LogP contribution in [0.25, 0.3) is 10.9 Å². The summed E-state index contributed by atoms with van der Waals surface area (Å²) in [6, 6.07) is 2.75. The third kappa shape index (κ3) is 4.36. The first kappa shape index (κ1) is 30.5. The van der Waals surface area contributed by atoms with Crippen molar-refractivity contribution in [2.24, 2.45) is 17.8 Å². The van der Waals surface area contributed by atoms with Gasteiger partial charge in [0.05, 0.1) is 12.5 Å². The van der Waals surface area contributed by atoms with Gasteiger partial charge in [0.25, 0.3) is 11.8 Å². The van der Waals surface area contributed by atoms with Gasteiger partial charge in [0.2, 0.25) is 17.5 Å². The van der Waals surface area contributed by atoms with Gasteiger partial charge in [0, 0.05) is 53.6 Å². The van der Waals surface area contributed by atoms with Gasteiger partial charge < -0.3 is 29.9 Å². The van der Waals surface area contributed by atoms with Gasteiger partial charge in [-0.1, -0.05) is 27.7 Å². The van der Waals surface area contributed by atoms with E-state index in [-0.39, 0.29) is 29.7 Å². The largest absolute Gasteiger partial charge is 0.494 e. The van der Waals surface area contributed by atoms with E-state index in [1.807, 2.05) is 40.7 Å². The van der Waals surface area contributed by atoms with Gasteiger partial charge in [0.1, 0.15) is 17.8 Å². The van der Waals surface area contributed by atoms with E-state index in [1.165, 1.54) is 15.8 Å². The number of aromatic amines is 1. The number of nitrogens with zero attached hydrogens (tertiary/aromatic N) is 3. The van der Waals surface area contributed by atoms with Crippen LogP contribution in [0.1, 0.15) is 77.3 Å². The first-order chi connectivity index (χ1) is 21.4. The average molecular weight is 622 g/mol. The number of benzene rings is 1. The van der Waals surface area contributed by atoms with Crippen molar-refractivity contribution >= 4 is 28.6 Å². The number of hydrogen-bond acceptors (Lipinski definition) is 7. The molecule has 244 valence electrons. The zero-order chi connectivity index (χ0) is 32.0. The number of hydrogen-bond donors (Lipinski definition) is 3. The minimum absolute atomic E-state index is 0.0545. The average Bonchev–Trinajstić information content (AvgIpc) is 3.70. The molecule has 1 aromatic carbocycles. The van der Waals surface area contributed by atoms with Crippen LogP contribution in [0.3, 0.4) is 0 Å². The van der Waals surface area contributed by atoms with Crippen LogP contribution >= 0.6 is 0 Å². The number of likely N-dealkylation sites (tertiary alicyclic amines) is 1. The maximum atomic E-state index is 14.5. The van der Waals surface area contributed by atoms with Crippen molar-refractivity contribution < 1.29 is 29.0 Å². The predicted octanol–water partition coefficient (Wildman–Crippen LogP) is 2.92. The van der Waals surface area contributed by atoms with Gasteiger partial charge in [-0.3, -0.25) is 24.0 Å². The highest BCUT2D eigenvalue weighted by atomic mass is 16.7. The summed E-state index contributed by atoms with van der Waals surface area (Å²) in [5.41, 5.74) is 1.67. The van der Waals surface area contributed by atoms with Gasteiger partial charge >= 0.3 is 0 Å². The van der Waals surface area contributed by atoms with E-state index in [0.717, 1.165) is 29.7 Å². The molecule has 0 radical (unpaired) electrons. The Kier molecular flexibility index (Phi) is 7.25. The van der Waals surface area contributed by atoms with Crippen LogP contribution in [0.4, 0.5) is 0 Å². The van der Waals surface area contributed by atoms with Crippen molar-refractivity contribution in [3.63, 3.8) is 0 Å². The van der Waals surface area contributed by atoms with Crippen LogP contribution in [0, 0.1) is 17.8 Å². The van der Waals surface area contributed by atoms with Gasteiger partial charge in [-0.05, 0) is 69.7 Å². The molecule has 11 nitrogen and oxygen atoms in total. The van der Waals surface area contributed by atoms with E-state index < -0.39 is 41.5 Å². The number of carbonyl (C=O) groups is 3. The summed E-state index contributed by atoms with van der Waals surface area (Å²) in [7, 11) is 2.06. The van der Waals surface area contributed by atoms with Crippen LogP contribution < -0.4 is 10.1 Å². The molecule has 3 amide bonds. The van der Waals surface area contributed by atoms with Crippen LogP contribution in [-0.4, -0.2) is 99.0 Å². The molecule has 2 aromatic rings. The molecular formula is C34H47N5O6. The number of aromatic nitrogens is 1. The summed E-state index contributed by atoms with van der Waals surface area (Å²) >= 11 is 0. The maximum absolute atomic E-state index is 14.5. The first-order valence-corrected chi connectivity index (χ1v) is 16.8. The molecule has 5 heterocycles. The number of likely N-dealkylation sites (N-methyl/N-ethyl adjacent to an activating group) is 1. The number of carbonyl (C=O) groups excluding carboxylic acids is 3. The highest BCUT2D eigenvalue weighted by molar-refractivity contribution is 5.98. The summed E-state index contributed by atoms with van der Waals surface area (Å²) in [5, 5.41) is 16.4. The molecule has 45 heavy (non-hydrogen) atoms. The minimum Gasteiger partial charge on any atom is -0.494 e. The van der Waals surface area contributed by atoms with E-state index >= 15 is 0 Å². The SMILES string of the molecule is CCOc1ccc2[nH]cc3c2c1[C@H]1C[C@@H](C(=O)N[C@]2(C(C)C)O[C@@]4(O)[C@@H]5CCCN5C(=O)[C@@H](CC(C)C)N4C2=O)CN(C)[C@@H]1C3. The summed E-state index contributed by atoms with van der Waals surface area (Å²) in [6.07, 6.45) is 5.19. The smallest absolute Gasteiger partial charge is 0.281 e. The standard InChI is InChI=1S/C34H47N5O6/c1-7-44-26-11-10-23-28-20(16-35-23)15-24-22(29(26)28)14-21(17-37(24)6)30(40)36-33(19(4)5)32(42)39-25(13-18(2)3)31(41)38-12-8-9-27(38)34(39,43)45-33/h10-11,16,18-19,21-22,24-25,27,35,43H,7-9,12-15,17H2,1-6H3,(H,36,40)/t21-,22+,24-,25-,27+,33-,34+/m1/s1. The maximum Gasteiger partial charge on any atom is 0.281 e. The number of amides is 3. The highest BCUT2D eigenvalue weighted by Gasteiger charge is 2.72. The van der Waals surface area contributed by atoms with Crippen molar-refractivity contribution in [3.05, 3.63) is 29.5 Å². The molecule has 1 aliphatic carbocycles. The Morgan fingerprint density at radius 1 is 1.24 bits per heavy atom. The lowest BCUT2D eigenvalue weighted by Crippen LogP contribution is -2.71. The molecule has 0 unspecified atom stereocenters. The van der Waals surface area contributed by atoms with Crippen molar-refractivity contribution in [1.82, 2.24) is 25.0 Å². The normalized spacial score (nSPS) is 34.5. The van der Waals surface area contributed by atoms with E-state index in [2.05, 4.69) is 34.5 Å². The Hall–Kier alpha value is -3.15. The summed E-state index contributed by atoms with van der Waals surface area (Å²) in [6.45, 7) is 11.2. The van der Waals surface area contributed by atoms with E-state index in [0.29, 0.717) is 39.0 Å². The van der Waals surface area contributed by atoms with Crippen molar-refractivity contribution in [2.45, 2.75) is 102 Å².